The van der Waals surface area contributed by atoms with Crippen molar-refractivity contribution in [2.24, 2.45) is 5.92 Å². The normalized spacial score (nSPS) is 12.2. The molecule has 8 heteroatoms. The summed E-state index contributed by atoms with van der Waals surface area (Å²) in [5.74, 6) is 0.329. The molecule has 0 aliphatic carbocycles. The maximum atomic E-state index is 13.6. The van der Waals surface area contributed by atoms with Crippen LogP contribution in [0.5, 0.6) is 23.0 Å². The van der Waals surface area contributed by atoms with Crippen LogP contribution in [0.2, 0.25) is 0 Å². The SMILES string of the molecule is COc1cccc(C(=O)CC(CCC(=O)c2cccc(C)c2OC)C(C)OC(=O)c2cccc(C)c2OC)c1OC. The maximum Gasteiger partial charge on any atom is 0.342 e. The average Bonchev–Trinajstić information content (AvgIpc) is 2.97. The zero-order chi connectivity index (χ0) is 30.1. The van der Waals surface area contributed by atoms with E-state index in [1.54, 1.807) is 49.4 Å². The van der Waals surface area contributed by atoms with Crippen molar-refractivity contribution in [3.63, 3.8) is 0 Å². The topological polar surface area (TPSA) is 97.4 Å². The number of aryl methyl sites for hydroxylation is 2. The standard InChI is InChI=1S/C33H38O8/c1-20-11-8-13-24(30(20)38-5)27(34)18-17-23(19-28(35)25-14-10-16-29(37-4)32(25)40-7)22(3)41-33(36)26-15-9-12-21(2)31(26)39-6/h8-16,22-23H,17-19H2,1-7H3. The van der Waals surface area contributed by atoms with Gasteiger partial charge in [0.05, 0.1) is 39.6 Å². The summed E-state index contributed by atoms with van der Waals surface area (Å²) in [5.41, 5.74) is 2.76. The minimum absolute atomic E-state index is 0.0150. The van der Waals surface area contributed by atoms with Gasteiger partial charge in [-0.05, 0) is 62.6 Å². The van der Waals surface area contributed by atoms with Gasteiger partial charge in [0.15, 0.2) is 23.1 Å². The third-order valence-electron chi connectivity index (χ3n) is 7.20. The molecule has 0 heterocycles. The molecule has 0 spiro atoms. The molecule has 0 aromatic heterocycles. The highest BCUT2D eigenvalue weighted by atomic mass is 16.5. The van der Waals surface area contributed by atoms with Crippen LogP contribution < -0.4 is 18.9 Å². The molecular formula is C33H38O8. The van der Waals surface area contributed by atoms with E-state index in [0.717, 1.165) is 11.1 Å². The van der Waals surface area contributed by atoms with Crippen molar-refractivity contribution >= 4 is 17.5 Å². The fourth-order valence-electron chi connectivity index (χ4n) is 4.96. The maximum absolute atomic E-state index is 13.6. The fourth-order valence-corrected chi connectivity index (χ4v) is 4.96. The van der Waals surface area contributed by atoms with Gasteiger partial charge in [-0.15, -0.1) is 0 Å². The Bertz CT molecular complexity index is 1390. The molecule has 0 fully saturated rings. The van der Waals surface area contributed by atoms with E-state index >= 15 is 0 Å². The number of para-hydroxylation sites is 3. The van der Waals surface area contributed by atoms with E-state index in [2.05, 4.69) is 0 Å². The van der Waals surface area contributed by atoms with Crippen molar-refractivity contribution in [2.45, 2.75) is 46.1 Å². The molecule has 218 valence electrons. The van der Waals surface area contributed by atoms with Crippen LogP contribution in [0.1, 0.15) is 68.4 Å². The lowest BCUT2D eigenvalue weighted by atomic mass is 9.88. The third-order valence-corrected chi connectivity index (χ3v) is 7.20. The van der Waals surface area contributed by atoms with Gasteiger partial charge in [0.25, 0.3) is 0 Å². The minimum atomic E-state index is -0.694. The highest BCUT2D eigenvalue weighted by Crippen LogP contribution is 2.34. The number of rotatable bonds is 14. The molecule has 0 radical (unpaired) electrons. The number of methoxy groups -OCH3 is 4. The summed E-state index contributed by atoms with van der Waals surface area (Å²) in [4.78, 5) is 40.1. The summed E-state index contributed by atoms with van der Waals surface area (Å²) in [6, 6.07) is 15.7. The van der Waals surface area contributed by atoms with Gasteiger partial charge in [0.2, 0.25) is 0 Å². The monoisotopic (exact) mass is 562 g/mol. The molecule has 0 amide bonds. The molecule has 2 atom stereocenters. The average molecular weight is 563 g/mol. The number of carbonyl (C=O) groups is 3. The summed E-state index contributed by atoms with van der Waals surface area (Å²) in [6.45, 7) is 5.45. The highest BCUT2D eigenvalue weighted by Gasteiger charge is 2.29. The third kappa shape index (κ3) is 7.25. The zero-order valence-corrected chi connectivity index (χ0v) is 24.7. The molecule has 0 saturated heterocycles. The summed E-state index contributed by atoms with van der Waals surface area (Å²) >= 11 is 0. The van der Waals surface area contributed by atoms with Gasteiger partial charge in [-0.3, -0.25) is 9.59 Å². The Balaban J connectivity index is 1.89. The van der Waals surface area contributed by atoms with Gasteiger partial charge in [0, 0.05) is 18.8 Å². The molecule has 3 rings (SSSR count). The second kappa shape index (κ2) is 14.3. The largest absolute Gasteiger partial charge is 0.496 e. The number of ether oxygens (including phenoxy) is 5. The van der Waals surface area contributed by atoms with Crippen molar-refractivity contribution in [1.82, 2.24) is 0 Å². The van der Waals surface area contributed by atoms with Crippen LogP contribution in [0.4, 0.5) is 0 Å². The van der Waals surface area contributed by atoms with Gasteiger partial charge in [-0.1, -0.05) is 30.3 Å². The Kier molecular flexibility index (Phi) is 10.9. The van der Waals surface area contributed by atoms with E-state index < -0.39 is 18.0 Å². The van der Waals surface area contributed by atoms with Gasteiger partial charge < -0.3 is 23.7 Å². The first-order valence-corrected chi connectivity index (χ1v) is 13.4. The summed E-state index contributed by atoms with van der Waals surface area (Å²) in [5, 5.41) is 0. The van der Waals surface area contributed by atoms with Gasteiger partial charge >= 0.3 is 5.97 Å². The van der Waals surface area contributed by atoms with Crippen molar-refractivity contribution in [3.8, 4) is 23.0 Å². The molecule has 41 heavy (non-hydrogen) atoms. The first kappa shape index (κ1) is 31.2. The lowest BCUT2D eigenvalue weighted by Gasteiger charge is -2.25. The van der Waals surface area contributed by atoms with E-state index in [4.69, 9.17) is 23.7 Å². The van der Waals surface area contributed by atoms with Crippen LogP contribution in [0.15, 0.2) is 54.6 Å². The van der Waals surface area contributed by atoms with Gasteiger partial charge in [-0.25, -0.2) is 4.79 Å². The smallest absolute Gasteiger partial charge is 0.342 e. The number of carbonyl (C=O) groups excluding carboxylic acids is 3. The fraction of sp³-hybridized carbons (Fsp3) is 0.364. The molecule has 0 aliphatic heterocycles. The number of hydrogen-bond acceptors (Lipinski definition) is 8. The first-order valence-electron chi connectivity index (χ1n) is 13.4. The molecule has 0 bridgehead atoms. The summed E-state index contributed by atoms with van der Waals surface area (Å²) in [7, 11) is 6.00. The van der Waals surface area contributed by atoms with Crippen molar-refractivity contribution in [1.29, 1.82) is 0 Å². The predicted molar refractivity (Wildman–Crippen MR) is 156 cm³/mol. The molecule has 0 saturated carbocycles. The van der Waals surface area contributed by atoms with Crippen molar-refractivity contribution in [2.75, 3.05) is 28.4 Å². The lowest BCUT2D eigenvalue weighted by Crippen LogP contribution is -2.27. The molecule has 3 aromatic rings. The number of Topliss-reactive ketones (excluding diaryl/α,β-unsaturated/α-hetero) is 2. The van der Waals surface area contributed by atoms with E-state index in [9.17, 15) is 14.4 Å². The van der Waals surface area contributed by atoms with Crippen LogP contribution in [0.25, 0.3) is 0 Å². The Labute approximate surface area is 241 Å². The Morgan fingerprint density at radius 3 is 1.73 bits per heavy atom. The van der Waals surface area contributed by atoms with E-state index in [1.807, 2.05) is 26.0 Å². The summed E-state index contributed by atoms with van der Waals surface area (Å²) in [6.07, 6.45) is -0.252. The summed E-state index contributed by atoms with van der Waals surface area (Å²) < 4.78 is 27.6. The molecule has 2 unspecified atom stereocenters. The number of benzene rings is 3. The molecule has 3 aromatic carbocycles. The van der Waals surface area contributed by atoms with Crippen LogP contribution in [0.3, 0.4) is 0 Å². The van der Waals surface area contributed by atoms with Crippen molar-refractivity contribution in [3.05, 3.63) is 82.4 Å². The molecule has 0 aliphatic rings. The second-order valence-electron chi connectivity index (χ2n) is 9.81. The van der Waals surface area contributed by atoms with E-state index in [-0.39, 0.29) is 24.4 Å². The molecule has 8 nitrogen and oxygen atoms in total. The Morgan fingerprint density at radius 2 is 1.17 bits per heavy atom. The Morgan fingerprint density at radius 1 is 0.659 bits per heavy atom. The number of hydrogen-bond donors (Lipinski definition) is 0. The van der Waals surface area contributed by atoms with E-state index in [1.165, 1.54) is 28.4 Å². The van der Waals surface area contributed by atoms with Gasteiger partial charge in [0.1, 0.15) is 23.2 Å². The van der Waals surface area contributed by atoms with E-state index in [0.29, 0.717) is 46.1 Å². The van der Waals surface area contributed by atoms with Crippen LogP contribution in [0, 0.1) is 19.8 Å². The first-order chi connectivity index (χ1) is 19.7. The molecular weight excluding hydrogens is 524 g/mol. The molecule has 0 N–H and O–H groups in total. The van der Waals surface area contributed by atoms with Crippen LogP contribution in [-0.4, -0.2) is 52.1 Å². The lowest BCUT2D eigenvalue weighted by molar-refractivity contribution is 0.0166. The predicted octanol–water partition coefficient (Wildman–Crippen LogP) is 6.44. The second-order valence-corrected chi connectivity index (χ2v) is 9.81. The highest BCUT2D eigenvalue weighted by molar-refractivity contribution is 6.00. The Hall–Kier alpha value is -4.33. The van der Waals surface area contributed by atoms with Crippen LogP contribution >= 0.6 is 0 Å². The number of esters is 1. The quantitative estimate of drug-likeness (QED) is 0.164. The van der Waals surface area contributed by atoms with Crippen LogP contribution in [-0.2, 0) is 4.74 Å². The van der Waals surface area contributed by atoms with Crippen molar-refractivity contribution < 1.29 is 38.1 Å². The minimum Gasteiger partial charge on any atom is -0.496 e. The number of ketones is 2. The zero-order valence-electron chi connectivity index (χ0n) is 24.7. The van der Waals surface area contributed by atoms with Gasteiger partial charge in [-0.2, -0.15) is 0 Å².